The third kappa shape index (κ3) is 3.51. The molecule has 2 aromatic rings. The summed E-state index contributed by atoms with van der Waals surface area (Å²) < 4.78 is 6.84. The van der Waals surface area contributed by atoms with Crippen molar-refractivity contribution >= 4 is 5.91 Å². The molecular weight excluding hydrogens is 306 g/mol. The van der Waals surface area contributed by atoms with Crippen LogP contribution in [-0.2, 0) is 13.6 Å². The van der Waals surface area contributed by atoms with Crippen LogP contribution in [0.5, 0.6) is 0 Å². The molecule has 0 aromatic carbocycles. The summed E-state index contributed by atoms with van der Waals surface area (Å²) in [4.78, 5) is 17.1. The predicted octanol–water partition coefficient (Wildman–Crippen LogP) is 1.80. The van der Waals surface area contributed by atoms with E-state index in [0.29, 0.717) is 0 Å². The van der Waals surface area contributed by atoms with Crippen LogP contribution in [0.3, 0.4) is 0 Å². The fourth-order valence-corrected chi connectivity index (χ4v) is 3.10. The van der Waals surface area contributed by atoms with Crippen molar-refractivity contribution in [3.8, 4) is 0 Å². The van der Waals surface area contributed by atoms with Gasteiger partial charge >= 0.3 is 0 Å². The first kappa shape index (κ1) is 16.7. The number of amides is 1. The lowest BCUT2D eigenvalue weighted by atomic mass is 10.1. The summed E-state index contributed by atoms with van der Waals surface area (Å²) >= 11 is 0. The van der Waals surface area contributed by atoms with E-state index in [1.807, 2.05) is 31.1 Å². The number of aromatic nitrogens is 3. The van der Waals surface area contributed by atoms with Crippen molar-refractivity contribution in [3.05, 3.63) is 35.0 Å². The van der Waals surface area contributed by atoms with E-state index < -0.39 is 0 Å². The minimum absolute atomic E-state index is 0.0868. The van der Waals surface area contributed by atoms with Gasteiger partial charge in [-0.3, -0.25) is 14.4 Å². The molecule has 0 aliphatic carbocycles. The summed E-state index contributed by atoms with van der Waals surface area (Å²) in [5, 5.41) is 8.48. The van der Waals surface area contributed by atoms with Crippen LogP contribution >= 0.6 is 0 Å². The molecule has 1 aliphatic heterocycles. The van der Waals surface area contributed by atoms with Crippen LogP contribution in [0, 0.1) is 6.92 Å². The van der Waals surface area contributed by atoms with Gasteiger partial charge < -0.3 is 9.42 Å². The van der Waals surface area contributed by atoms with Gasteiger partial charge in [0.1, 0.15) is 5.76 Å². The molecule has 0 N–H and O–H groups in total. The van der Waals surface area contributed by atoms with Gasteiger partial charge in [-0.2, -0.15) is 5.10 Å². The fourth-order valence-electron chi connectivity index (χ4n) is 3.10. The Hall–Kier alpha value is -2.15. The Balaban J connectivity index is 1.61. The molecule has 0 saturated carbocycles. The molecule has 3 heterocycles. The van der Waals surface area contributed by atoms with Crippen molar-refractivity contribution in [2.24, 2.45) is 7.05 Å². The lowest BCUT2D eigenvalue weighted by molar-refractivity contribution is 0.0624. The highest BCUT2D eigenvalue weighted by Gasteiger charge is 2.26. The molecule has 0 radical (unpaired) electrons. The number of nitrogens with zero attached hydrogens (tertiary/aromatic N) is 5. The fraction of sp³-hybridized carbons (Fsp3) is 0.588. The van der Waals surface area contributed by atoms with Crippen LogP contribution in [0.15, 0.2) is 16.8 Å². The van der Waals surface area contributed by atoms with E-state index in [1.54, 1.807) is 4.68 Å². The summed E-state index contributed by atoms with van der Waals surface area (Å²) in [6.07, 6.45) is 1.84. The molecule has 7 nitrogen and oxygen atoms in total. The summed E-state index contributed by atoms with van der Waals surface area (Å²) in [5.41, 5.74) is 2.55. The Kier molecular flexibility index (Phi) is 4.71. The molecule has 3 rings (SSSR count). The van der Waals surface area contributed by atoms with E-state index in [0.717, 1.165) is 55.4 Å². The van der Waals surface area contributed by atoms with Crippen molar-refractivity contribution in [2.75, 3.05) is 26.2 Å². The molecule has 1 fully saturated rings. The molecule has 7 heteroatoms. The third-order valence-corrected chi connectivity index (χ3v) is 4.36. The lowest BCUT2D eigenvalue weighted by Gasteiger charge is -2.34. The molecule has 1 saturated heterocycles. The number of carbonyl (C=O) groups excluding carboxylic acids is 1. The molecule has 0 unspecified atom stereocenters. The summed E-state index contributed by atoms with van der Waals surface area (Å²) in [6, 6.07) is 1.96. The number of carbonyl (C=O) groups is 1. The predicted molar refractivity (Wildman–Crippen MR) is 89.7 cm³/mol. The highest BCUT2D eigenvalue weighted by Crippen LogP contribution is 2.20. The van der Waals surface area contributed by atoms with Gasteiger partial charge in [-0.1, -0.05) is 19.0 Å². The maximum atomic E-state index is 12.8. The molecular formula is C17H25N5O2. The zero-order valence-corrected chi connectivity index (χ0v) is 14.8. The highest BCUT2D eigenvalue weighted by molar-refractivity contribution is 5.95. The second-order valence-electron chi connectivity index (χ2n) is 6.75. The summed E-state index contributed by atoms with van der Waals surface area (Å²) in [6.45, 7) is 9.93. The normalized spacial score (nSPS) is 16.1. The smallest absolute Gasteiger partial charge is 0.257 e. The molecule has 0 atom stereocenters. The maximum absolute atomic E-state index is 12.8. The van der Waals surface area contributed by atoms with E-state index in [2.05, 4.69) is 29.0 Å². The van der Waals surface area contributed by atoms with Gasteiger partial charge in [-0.15, -0.1) is 0 Å². The van der Waals surface area contributed by atoms with Crippen molar-refractivity contribution in [2.45, 2.75) is 33.2 Å². The van der Waals surface area contributed by atoms with Crippen molar-refractivity contribution in [1.29, 1.82) is 0 Å². The molecule has 2 aromatic heterocycles. The van der Waals surface area contributed by atoms with E-state index >= 15 is 0 Å². The monoisotopic (exact) mass is 331 g/mol. The number of aryl methyl sites for hydroxylation is 2. The average molecular weight is 331 g/mol. The van der Waals surface area contributed by atoms with E-state index in [9.17, 15) is 4.79 Å². The summed E-state index contributed by atoms with van der Waals surface area (Å²) in [7, 11) is 1.86. The number of hydrogen-bond acceptors (Lipinski definition) is 5. The van der Waals surface area contributed by atoms with Crippen LogP contribution in [0.2, 0.25) is 0 Å². The van der Waals surface area contributed by atoms with Crippen molar-refractivity contribution < 1.29 is 9.32 Å². The quantitative estimate of drug-likeness (QED) is 0.854. The van der Waals surface area contributed by atoms with Gasteiger partial charge in [0.2, 0.25) is 0 Å². The molecule has 0 spiro atoms. The van der Waals surface area contributed by atoms with Crippen LogP contribution in [0.25, 0.3) is 0 Å². The van der Waals surface area contributed by atoms with Crippen LogP contribution in [0.1, 0.15) is 47.3 Å². The van der Waals surface area contributed by atoms with Crippen LogP contribution in [-0.4, -0.2) is 56.8 Å². The molecule has 1 amide bonds. The molecule has 0 bridgehead atoms. The lowest BCUT2D eigenvalue weighted by Crippen LogP contribution is -2.48. The Morgan fingerprint density at radius 1 is 1.29 bits per heavy atom. The van der Waals surface area contributed by atoms with E-state index in [1.165, 1.54) is 0 Å². The maximum Gasteiger partial charge on any atom is 0.257 e. The SMILES string of the molecule is Cc1cc(CN2CCN(C(=O)c3cn(C)nc3C(C)C)CC2)no1. The zero-order valence-electron chi connectivity index (χ0n) is 14.8. The second-order valence-corrected chi connectivity index (χ2v) is 6.75. The molecule has 130 valence electrons. The number of hydrogen-bond donors (Lipinski definition) is 0. The van der Waals surface area contributed by atoms with Crippen molar-refractivity contribution in [1.82, 2.24) is 24.7 Å². The van der Waals surface area contributed by atoms with Crippen LogP contribution in [0.4, 0.5) is 0 Å². The van der Waals surface area contributed by atoms with Crippen LogP contribution < -0.4 is 0 Å². The topological polar surface area (TPSA) is 67.4 Å². The third-order valence-electron chi connectivity index (χ3n) is 4.36. The Morgan fingerprint density at radius 2 is 2.00 bits per heavy atom. The number of piperazine rings is 1. The zero-order chi connectivity index (χ0) is 17.3. The Labute approximate surface area is 142 Å². The van der Waals surface area contributed by atoms with Crippen molar-refractivity contribution in [3.63, 3.8) is 0 Å². The minimum Gasteiger partial charge on any atom is -0.361 e. The first-order valence-corrected chi connectivity index (χ1v) is 8.41. The van der Waals surface area contributed by atoms with Gasteiger partial charge in [-0.25, -0.2) is 0 Å². The van der Waals surface area contributed by atoms with Gasteiger partial charge in [0.15, 0.2) is 0 Å². The highest BCUT2D eigenvalue weighted by atomic mass is 16.5. The largest absolute Gasteiger partial charge is 0.361 e. The Morgan fingerprint density at radius 3 is 2.58 bits per heavy atom. The first-order chi connectivity index (χ1) is 11.4. The van der Waals surface area contributed by atoms with Gasteiger partial charge in [0.25, 0.3) is 5.91 Å². The van der Waals surface area contributed by atoms with Gasteiger partial charge in [0.05, 0.1) is 17.0 Å². The first-order valence-electron chi connectivity index (χ1n) is 8.41. The average Bonchev–Trinajstić information content (AvgIpc) is 3.13. The molecule has 1 aliphatic rings. The second kappa shape index (κ2) is 6.76. The summed E-state index contributed by atoms with van der Waals surface area (Å²) in [5.74, 6) is 1.15. The molecule has 24 heavy (non-hydrogen) atoms. The van der Waals surface area contributed by atoms with Gasteiger partial charge in [0, 0.05) is 52.0 Å². The standard InChI is InChI=1S/C17H25N5O2/c1-12(2)16-15(11-20(4)18-16)17(23)22-7-5-21(6-8-22)10-14-9-13(3)24-19-14/h9,11-12H,5-8,10H2,1-4H3. The van der Waals surface area contributed by atoms with E-state index in [4.69, 9.17) is 4.52 Å². The van der Waals surface area contributed by atoms with Gasteiger partial charge in [-0.05, 0) is 12.8 Å². The van der Waals surface area contributed by atoms with E-state index in [-0.39, 0.29) is 11.8 Å². The minimum atomic E-state index is 0.0868. The number of rotatable bonds is 4. The Bertz CT molecular complexity index is 710.